The number of nitriles is 1. The van der Waals surface area contributed by atoms with Crippen molar-refractivity contribution < 1.29 is 4.79 Å². The summed E-state index contributed by atoms with van der Waals surface area (Å²) in [4.78, 5) is 19.3. The van der Waals surface area contributed by atoms with Crippen LogP contribution in [-0.2, 0) is 6.54 Å². The first-order valence-electron chi connectivity index (χ1n) is 8.22. The summed E-state index contributed by atoms with van der Waals surface area (Å²) in [5.74, 6) is -0.492. The lowest BCUT2D eigenvalue weighted by atomic mass is 10.1. The standard InChI is InChI=1S/C19H16N6O/c1-3-25-16(6-10(2)24-25)18-13(8-20)17-14(9-22-18)12-7-11(19(21)26)4-5-15(12)23-17/h4-7,9,23H,3H2,1-2H3,(H2,21,26). The van der Waals surface area contributed by atoms with Crippen LogP contribution >= 0.6 is 0 Å². The Morgan fingerprint density at radius 2 is 2.15 bits per heavy atom. The number of nitrogens with zero attached hydrogens (tertiary/aromatic N) is 4. The van der Waals surface area contributed by atoms with Crippen LogP contribution < -0.4 is 5.73 Å². The minimum absolute atomic E-state index is 0.417. The van der Waals surface area contributed by atoms with Gasteiger partial charge in [-0.15, -0.1) is 0 Å². The van der Waals surface area contributed by atoms with Crippen LogP contribution in [0.25, 0.3) is 33.2 Å². The molecule has 0 saturated heterocycles. The van der Waals surface area contributed by atoms with Gasteiger partial charge in [0, 0.05) is 34.6 Å². The van der Waals surface area contributed by atoms with E-state index in [1.807, 2.05) is 24.6 Å². The fourth-order valence-corrected chi connectivity index (χ4v) is 3.29. The number of hydrogen-bond donors (Lipinski definition) is 2. The second-order valence-electron chi connectivity index (χ2n) is 6.12. The van der Waals surface area contributed by atoms with Crippen molar-refractivity contribution in [3.63, 3.8) is 0 Å². The first-order chi connectivity index (χ1) is 12.5. The molecule has 0 atom stereocenters. The number of benzene rings is 1. The highest BCUT2D eigenvalue weighted by Gasteiger charge is 2.18. The van der Waals surface area contributed by atoms with Crippen LogP contribution in [0.4, 0.5) is 0 Å². The van der Waals surface area contributed by atoms with E-state index in [0.29, 0.717) is 28.9 Å². The zero-order valence-electron chi connectivity index (χ0n) is 14.4. The minimum atomic E-state index is -0.492. The maximum Gasteiger partial charge on any atom is 0.248 e. The first kappa shape index (κ1) is 15.8. The van der Waals surface area contributed by atoms with Crippen LogP contribution in [0.15, 0.2) is 30.5 Å². The largest absolute Gasteiger partial charge is 0.366 e. The van der Waals surface area contributed by atoms with Crippen molar-refractivity contribution in [2.75, 3.05) is 0 Å². The quantitative estimate of drug-likeness (QED) is 0.595. The van der Waals surface area contributed by atoms with Crippen LogP contribution in [0.2, 0.25) is 0 Å². The summed E-state index contributed by atoms with van der Waals surface area (Å²) in [5.41, 5.74) is 10.0. The van der Waals surface area contributed by atoms with E-state index in [1.54, 1.807) is 24.4 Å². The number of hydrogen-bond acceptors (Lipinski definition) is 4. The van der Waals surface area contributed by atoms with Crippen LogP contribution in [-0.4, -0.2) is 25.7 Å². The molecule has 4 aromatic rings. The van der Waals surface area contributed by atoms with Gasteiger partial charge in [0.25, 0.3) is 0 Å². The van der Waals surface area contributed by atoms with Crippen molar-refractivity contribution in [2.45, 2.75) is 20.4 Å². The number of rotatable bonds is 3. The Morgan fingerprint density at radius 3 is 2.85 bits per heavy atom. The number of aromatic nitrogens is 4. The van der Waals surface area contributed by atoms with Crippen molar-refractivity contribution in [1.82, 2.24) is 19.7 Å². The number of primary amides is 1. The van der Waals surface area contributed by atoms with Crippen LogP contribution in [0.1, 0.15) is 28.5 Å². The number of nitrogens with one attached hydrogen (secondary N) is 1. The van der Waals surface area contributed by atoms with Crippen molar-refractivity contribution in [3.05, 3.63) is 47.3 Å². The Morgan fingerprint density at radius 1 is 1.35 bits per heavy atom. The second kappa shape index (κ2) is 5.70. The van der Waals surface area contributed by atoms with Gasteiger partial charge in [0.05, 0.1) is 16.9 Å². The number of H-pyrrole nitrogens is 1. The highest BCUT2D eigenvalue weighted by molar-refractivity contribution is 6.11. The summed E-state index contributed by atoms with van der Waals surface area (Å²) in [7, 11) is 0. The Labute approximate surface area is 149 Å². The van der Waals surface area contributed by atoms with Gasteiger partial charge in [0.15, 0.2) is 0 Å². The molecule has 4 rings (SSSR count). The predicted octanol–water partition coefficient (Wildman–Crippen LogP) is 2.88. The zero-order valence-corrected chi connectivity index (χ0v) is 14.4. The molecule has 0 aliphatic rings. The minimum Gasteiger partial charge on any atom is -0.366 e. The lowest BCUT2D eigenvalue weighted by Gasteiger charge is -2.06. The molecule has 3 aromatic heterocycles. The molecular weight excluding hydrogens is 328 g/mol. The van der Waals surface area contributed by atoms with E-state index < -0.39 is 5.91 Å². The normalized spacial score (nSPS) is 11.1. The smallest absolute Gasteiger partial charge is 0.248 e. The molecule has 3 N–H and O–H groups in total. The summed E-state index contributed by atoms with van der Waals surface area (Å²) in [6.45, 7) is 4.59. The van der Waals surface area contributed by atoms with Crippen molar-refractivity contribution in [2.24, 2.45) is 5.73 Å². The highest BCUT2D eigenvalue weighted by Crippen LogP contribution is 2.32. The summed E-state index contributed by atoms with van der Waals surface area (Å²) in [5, 5.41) is 15.8. The van der Waals surface area contributed by atoms with E-state index in [0.717, 1.165) is 27.7 Å². The second-order valence-corrected chi connectivity index (χ2v) is 6.12. The molecule has 0 saturated carbocycles. The molecule has 0 aliphatic heterocycles. The Hall–Kier alpha value is -3.66. The van der Waals surface area contributed by atoms with E-state index >= 15 is 0 Å². The fraction of sp³-hybridized carbons (Fsp3) is 0.158. The van der Waals surface area contributed by atoms with Crippen molar-refractivity contribution in [1.29, 1.82) is 5.26 Å². The molecule has 0 fully saturated rings. The topological polar surface area (TPSA) is 113 Å². The van der Waals surface area contributed by atoms with Gasteiger partial charge in [-0.25, -0.2) is 0 Å². The molecule has 0 radical (unpaired) electrons. The number of fused-ring (bicyclic) bond motifs is 3. The zero-order chi connectivity index (χ0) is 18.4. The monoisotopic (exact) mass is 344 g/mol. The summed E-state index contributed by atoms with van der Waals surface area (Å²) in [6.07, 6.45) is 1.72. The Kier molecular flexibility index (Phi) is 3.48. The molecule has 0 aliphatic carbocycles. The summed E-state index contributed by atoms with van der Waals surface area (Å²) >= 11 is 0. The third-order valence-electron chi connectivity index (χ3n) is 4.49. The number of amides is 1. The molecule has 0 spiro atoms. The Balaban J connectivity index is 2.05. The van der Waals surface area contributed by atoms with E-state index in [1.165, 1.54) is 0 Å². The molecule has 1 amide bonds. The number of carbonyl (C=O) groups excluding carboxylic acids is 1. The van der Waals surface area contributed by atoms with E-state index in [9.17, 15) is 10.1 Å². The number of nitrogens with two attached hydrogens (primary N) is 1. The third-order valence-corrected chi connectivity index (χ3v) is 4.49. The van der Waals surface area contributed by atoms with Crippen molar-refractivity contribution in [3.8, 4) is 17.5 Å². The first-order valence-corrected chi connectivity index (χ1v) is 8.22. The molecule has 3 heterocycles. The number of aromatic amines is 1. The van der Waals surface area contributed by atoms with Gasteiger partial charge in [-0.3, -0.25) is 14.5 Å². The lowest BCUT2D eigenvalue weighted by molar-refractivity contribution is 0.100. The summed E-state index contributed by atoms with van der Waals surface area (Å²) in [6, 6.07) is 9.37. The molecular formula is C19H16N6O. The molecule has 26 heavy (non-hydrogen) atoms. The van der Waals surface area contributed by atoms with E-state index in [4.69, 9.17) is 5.73 Å². The van der Waals surface area contributed by atoms with Gasteiger partial charge in [-0.1, -0.05) is 0 Å². The lowest BCUT2D eigenvalue weighted by Crippen LogP contribution is -2.10. The molecule has 7 nitrogen and oxygen atoms in total. The molecule has 7 heteroatoms. The third kappa shape index (κ3) is 2.24. The Bertz CT molecular complexity index is 1220. The molecule has 1 aromatic carbocycles. The van der Waals surface area contributed by atoms with Gasteiger partial charge in [-0.2, -0.15) is 10.4 Å². The maximum absolute atomic E-state index is 11.5. The van der Waals surface area contributed by atoms with Gasteiger partial charge in [-0.05, 0) is 38.1 Å². The SMILES string of the molecule is CCn1nc(C)cc1-c1ncc2c([nH]c3ccc(C(N)=O)cc32)c1C#N. The number of pyridine rings is 1. The number of aryl methyl sites for hydroxylation is 2. The average Bonchev–Trinajstić information content (AvgIpc) is 3.19. The van der Waals surface area contributed by atoms with Gasteiger partial charge < -0.3 is 10.7 Å². The van der Waals surface area contributed by atoms with Gasteiger partial charge in [0.1, 0.15) is 17.3 Å². The predicted molar refractivity (Wildman–Crippen MR) is 98.5 cm³/mol. The van der Waals surface area contributed by atoms with Gasteiger partial charge in [0.2, 0.25) is 5.91 Å². The maximum atomic E-state index is 11.5. The molecule has 0 bridgehead atoms. The summed E-state index contributed by atoms with van der Waals surface area (Å²) < 4.78 is 1.83. The van der Waals surface area contributed by atoms with Gasteiger partial charge >= 0.3 is 0 Å². The fourth-order valence-electron chi connectivity index (χ4n) is 3.29. The van der Waals surface area contributed by atoms with Crippen LogP contribution in [0, 0.1) is 18.3 Å². The van der Waals surface area contributed by atoms with Crippen molar-refractivity contribution >= 4 is 27.7 Å². The average molecular weight is 344 g/mol. The van der Waals surface area contributed by atoms with Crippen LogP contribution in [0.5, 0.6) is 0 Å². The molecule has 128 valence electrons. The highest BCUT2D eigenvalue weighted by atomic mass is 16.1. The number of carbonyl (C=O) groups is 1. The van der Waals surface area contributed by atoms with E-state index in [-0.39, 0.29) is 0 Å². The van der Waals surface area contributed by atoms with Crippen LogP contribution in [0.3, 0.4) is 0 Å². The van der Waals surface area contributed by atoms with E-state index in [2.05, 4.69) is 21.1 Å². The molecule has 0 unspecified atom stereocenters.